The zero-order valence-corrected chi connectivity index (χ0v) is 19.0. The molecule has 174 valence electrons. The van der Waals surface area contributed by atoms with Crippen molar-refractivity contribution in [1.82, 2.24) is 10.2 Å². The molecule has 33 heavy (non-hydrogen) atoms. The molecule has 7 heteroatoms. The van der Waals surface area contributed by atoms with E-state index in [1.807, 2.05) is 38.1 Å². The van der Waals surface area contributed by atoms with Crippen LogP contribution in [0, 0.1) is 11.8 Å². The van der Waals surface area contributed by atoms with E-state index in [4.69, 9.17) is 9.84 Å². The number of amides is 2. The van der Waals surface area contributed by atoms with Crippen LogP contribution in [0.5, 0.6) is 0 Å². The van der Waals surface area contributed by atoms with Crippen LogP contribution in [0.2, 0.25) is 0 Å². The third kappa shape index (κ3) is 5.02. The second-order valence-electron chi connectivity index (χ2n) is 9.08. The maximum Gasteiger partial charge on any atom is 0.407 e. The number of aliphatic carboxylic acids is 1. The van der Waals surface area contributed by atoms with Gasteiger partial charge in [-0.05, 0) is 48.4 Å². The molecular formula is C26H30N2O5. The number of fused-ring (bicyclic) bond motifs is 3. The second-order valence-corrected chi connectivity index (χ2v) is 9.08. The maximum absolute atomic E-state index is 12.7. The minimum absolute atomic E-state index is 0.00670. The van der Waals surface area contributed by atoms with Crippen molar-refractivity contribution < 1.29 is 24.2 Å². The Bertz CT molecular complexity index is 1000. The predicted molar refractivity (Wildman–Crippen MR) is 124 cm³/mol. The molecule has 2 aliphatic carbocycles. The van der Waals surface area contributed by atoms with Crippen LogP contribution in [-0.2, 0) is 14.3 Å². The Morgan fingerprint density at radius 3 is 2.24 bits per heavy atom. The monoisotopic (exact) mass is 450 g/mol. The summed E-state index contributed by atoms with van der Waals surface area (Å²) in [5.74, 6) is -1.06. The van der Waals surface area contributed by atoms with Crippen LogP contribution >= 0.6 is 0 Å². The smallest absolute Gasteiger partial charge is 0.407 e. The summed E-state index contributed by atoms with van der Waals surface area (Å²) in [5.41, 5.74) is 4.68. The number of hydrogen-bond acceptors (Lipinski definition) is 4. The van der Waals surface area contributed by atoms with E-state index in [1.165, 1.54) is 11.1 Å². The normalized spacial score (nSPS) is 18.4. The molecule has 2 aromatic carbocycles. The van der Waals surface area contributed by atoms with Crippen LogP contribution in [0.1, 0.15) is 43.7 Å². The van der Waals surface area contributed by atoms with Crippen LogP contribution in [0.15, 0.2) is 48.5 Å². The molecule has 1 saturated carbocycles. The highest BCUT2D eigenvalue weighted by atomic mass is 16.5. The summed E-state index contributed by atoms with van der Waals surface area (Å²) in [6.45, 7) is 4.59. The molecule has 2 N–H and O–H groups in total. The summed E-state index contributed by atoms with van der Waals surface area (Å²) in [6.07, 6.45) is 0.138. The lowest BCUT2D eigenvalue weighted by Gasteiger charge is -2.26. The van der Waals surface area contributed by atoms with E-state index < -0.39 is 12.1 Å². The molecule has 4 rings (SSSR count). The number of benzene rings is 2. The largest absolute Gasteiger partial charge is 0.481 e. The van der Waals surface area contributed by atoms with E-state index in [0.717, 1.165) is 11.1 Å². The Labute approximate surface area is 193 Å². The minimum Gasteiger partial charge on any atom is -0.481 e. The lowest BCUT2D eigenvalue weighted by molar-refractivity contribution is -0.139. The number of carboxylic acids is 1. The van der Waals surface area contributed by atoms with Gasteiger partial charge in [0.15, 0.2) is 0 Å². The van der Waals surface area contributed by atoms with Gasteiger partial charge in [-0.2, -0.15) is 0 Å². The molecule has 2 aliphatic rings. The Morgan fingerprint density at radius 1 is 1.06 bits per heavy atom. The number of hydrogen-bond donors (Lipinski definition) is 2. The summed E-state index contributed by atoms with van der Waals surface area (Å²) in [6, 6.07) is 16.3. The predicted octanol–water partition coefficient (Wildman–Crippen LogP) is 3.87. The van der Waals surface area contributed by atoms with Gasteiger partial charge in [0, 0.05) is 31.0 Å². The fraction of sp³-hybridized carbons (Fsp3) is 0.423. The lowest BCUT2D eigenvalue weighted by atomic mass is 9.98. The number of nitrogens with one attached hydrogen (secondary N) is 1. The molecule has 0 saturated heterocycles. The van der Waals surface area contributed by atoms with Crippen LogP contribution in [0.25, 0.3) is 11.1 Å². The van der Waals surface area contributed by atoms with Crippen molar-refractivity contribution >= 4 is 18.0 Å². The Kier molecular flexibility index (Phi) is 6.67. The summed E-state index contributed by atoms with van der Waals surface area (Å²) in [4.78, 5) is 37.6. The highest BCUT2D eigenvalue weighted by molar-refractivity contribution is 5.83. The van der Waals surface area contributed by atoms with E-state index in [1.54, 1.807) is 4.90 Å². The van der Waals surface area contributed by atoms with E-state index in [2.05, 4.69) is 29.6 Å². The van der Waals surface area contributed by atoms with Gasteiger partial charge in [-0.25, -0.2) is 4.79 Å². The highest BCUT2D eigenvalue weighted by Crippen LogP contribution is 2.44. The third-order valence-electron chi connectivity index (χ3n) is 6.57. The number of carbonyl (C=O) groups is 3. The Hall–Kier alpha value is -3.35. The zero-order chi connectivity index (χ0) is 23.5. The molecule has 0 bridgehead atoms. The van der Waals surface area contributed by atoms with Crippen LogP contribution in [-0.4, -0.2) is 53.7 Å². The molecule has 0 radical (unpaired) electrons. The summed E-state index contributed by atoms with van der Waals surface area (Å²) >= 11 is 0. The van der Waals surface area contributed by atoms with Crippen LogP contribution in [0.3, 0.4) is 0 Å². The molecule has 0 aromatic heterocycles. The second kappa shape index (κ2) is 9.65. The molecule has 2 atom stereocenters. The van der Waals surface area contributed by atoms with Crippen molar-refractivity contribution in [3.05, 3.63) is 59.7 Å². The summed E-state index contributed by atoms with van der Waals surface area (Å²) < 4.78 is 5.55. The zero-order valence-electron chi connectivity index (χ0n) is 19.0. The Balaban J connectivity index is 1.27. The first-order valence-electron chi connectivity index (χ1n) is 11.5. The van der Waals surface area contributed by atoms with Gasteiger partial charge in [-0.15, -0.1) is 0 Å². The van der Waals surface area contributed by atoms with Gasteiger partial charge >= 0.3 is 12.1 Å². The van der Waals surface area contributed by atoms with Gasteiger partial charge < -0.3 is 20.1 Å². The molecule has 0 unspecified atom stereocenters. The van der Waals surface area contributed by atoms with Gasteiger partial charge in [-0.3, -0.25) is 9.59 Å². The number of alkyl carbamates (subject to hydrolysis) is 1. The Morgan fingerprint density at radius 2 is 1.67 bits per heavy atom. The molecule has 0 spiro atoms. The van der Waals surface area contributed by atoms with Gasteiger partial charge in [-0.1, -0.05) is 48.5 Å². The first-order valence-corrected chi connectivity index (χ1v) is 11.5. The van der Waals surface area contributed by atoms with E-state index in [-0.39, 0.29) is 49.3 Å². The van der Waals surface area contributed by atoms with Crippen molar-refractivity contribution in [2.45, 2.75) is 38.6 Å². The topological polar surface area (TPSA) is 95.9 Å². The average molecular weight is 451 g/mol. The van der Waals surface area contributed by atoms with Crippen molar-refractivity contribution in [3.8, 4) is 11.1 Å². The first-order chi connectivity index (χ1) is 15.9. The van der Waals surface area contributed by atoms with Crippen LogP contribution < -0.4 is 5.32 Å². The number of ether oxygens (including phenoxy) is 1. The van der Waals surface area contributed by atoms with Gasteiger partial charge in [0.2, 0.25) is 5.91 Å². The summed E-state index contributed by atoms with van der Waals surface area (Å²) in [7, 11) is 0. The lowest BCUT2D eigenvalue weighted by Crippen LogP contribution is -2.40. The molecule has 2 aromatic rings. The highest BCUT2D eigenvalue weighted by Gasteiger charge is 2.45. The van der Waals surface area contributed by atoms with E-state index >= 15 is 0 Å². The van der Waals surface area contributed by atoms with Crippen LogP contribution in [0.4, 0.5) is 4.79 Å². The van der Waals surface area contributed by atoms with Crippen molar-refractivity contribution in [2.75, 3.05) is 19.7 Å². The van der Waals surface area contributed by atoms with Crippen molar-refractivity contribution in [3.63, 3.8) is 0 Å². The van der Waals surface area contributed by atoms with E-state index in [9.17, 15) is 14.4 Å². The van der Waals surface area contributed by atoms with Gasteiger partial charge in [0.05, 0.1) is 6.42 Å². The van der Waals surface area contributed by atoms with Gasteiger partial charge in [0.1, 0.15) is 6.61 Å². The summed E-state index contributed by atoms with van der Waals surface area (Å²) in [5, 5.41) is 11.7. The van der Waals surface area contributed by atoms with E-state index in [0.29, 0.717) is 13.0 Å². The number of carboxylic acid groups (broad SMARTS) is 1. The van der Waals surface area contributed by atoms with Crippen molar-refractivity contribution in [2.24, 2.45) is 11.8 Å². The molecule has 1 fully saturated rings. The molecule has 0 aliphatic heterocycles. The SMILES string of the molecule is CC(C)N(CCC(=O)O)C(=O)[C@H]1C[C@H]1CNC(=O)OCC1c2ccccc2-c2ccccc21. The number of nitrogens with zero attached hydrogens (tertiary/aromatic N) is 1. The quantitative estimate of drug-likeness (QED) is 0.605. The number of carbonyl (C=O) groups excluding carboxylic acids is 2. The minimum atomic E-state index is -0.919. The maximum atomic E-state index is 12.7. The fourth-order valence-electron chi connectivity index (χ4n) is 4.69. The third-order valence-corrected chi connectivity index (χ3v) is 6.57. The number of rotatable bonds is 9. The van der Waals surface area contributed by atoms with Gasteiger partial charge in [0.25, 0.3) is 0 Å². The molecule has 0 heterocycles. The molecular weight excluding hydrogens is 420 g/mol. The molecule has 2 amide bonds. The first kappa shape index (κ1) is 22.8. The fourth-order valence-corrected chi connectivity index (χ4v) is 4.69. The van der Waals surface area contributed by atoms with Crippen molar-refractivity contribution in [1.29, 1.82) is 0 Å². The standard InChI is InChI=1S/C26H30N2O5/c1-16(2)28(12-11-24(29)30)25(31)22-13-17(22)14-27-26(32)33-15-23-20-9-5-3-7-18(20)19-8-4-6-10-21(19)23/h3-10,16-17,22-23H,11-15H2,1-2H3,(H,27,32)(H,29,30)/t17-,22-/m0/s1. The molecule has 7 nitrogen and oxygen atoms in total. The average Bonchev–Trinajstić information content (AvgIpc) is 3.51.